The van der Waals surface area contributed by atoms with Crippen LogP contribution in [0.15, 0.2) is 24.3 Å². The van der Waals surface area contributed by atoms with Crippen molar-refractivity contribution in [2.45, 2.75) is 6.42 Å². The number of esters is 1. The minimum atomic E-state index is -0.374. The summed E-state index contributed by atoms with van der Waals surface area (Å²) < 4.78 is 9.87. The molecule has 2 N–H and O–H groups in total. The Labute approximate surface area is 101 Å². The Morgan fingerprint density at radius 3 is 2.76 bits per heavy atom. The highest BCUT2D eigenvalue weighted by Crippen LogP contribution is 2.22. The first kappa shape index (κ1) is 13.3. The molecule has 0 unspecified atom stereocenters. The Morgan fingerprint density at radius 2 is 2.18 bits per heavy atom. The quantitative estimate of drug-likeness (QED) is 0.791. The number of methoxy groups -OCH3 is 2. The molecule has 0 spiro atoms. The summed E-state index contributed by atoms with van der Waals surface area (Å²) in [5, 5.41) is 0. The molecular weight excluding hydrogens is 218 g/mol. The van der Waals surface area contributed by atoms with E-state index in [9.17, 15) is 4.79 Å². The van der Waals surface area contributed by atoms with E-state index in [1.807, 2.05) is 18.2 Å². The first-order valence-electron chi connectivity index (χ1n) is 5.36. The SMILES string of the molecule is COC(=O)c1ccc(C=CCCN)c(OC)c1. The number of rotatable bonds is 5. The number of carbonyl (C=O) groups excluding carboxylic acids is 1. The molecule has 0 aliphatic heterocycles. The van der Waals surface area contributed by atoms with Crippen molar-refractivity contribution in [3.63, 3.8) is 0 Å². The van der Waals surface area contributed by atoms with Gasteiger partial charge in [-0.05, 0) is 25.1 Å². The Morgan fingerprint density at radius 1 is 1.41 bits per heavy atom. The molecule has 0 atom stereocenters. The van der Waals surface area contributed by atoms with Gasteiger partial charge in [-0.2, -0.15) is 0 Å². The van der Waals surface area contributed by atoms with Crippen molar-refractivity contribution in [1.29, 1.82) is 0 Å². The van der Waals surface area contributed by atoms with Gasteiger partial charge < -0.3 is 15.2 Å². The zero-order valence-corrected chi connectivity index (χ0v) is 10.1. The molecule has 1 aromatic rings. The fourth-order valence-corrected chi connectivity index (χ4v) is 1.40. The lowest BCUT2D eigenvalue weighted by Gasteiger charge is -2.07. The van der Waals surface area contributed by atoms with E-state index in [2.05, 4.69) is 4.74 Å². The summed E-state index contributed by atoms with van der Waals surface area (Å²) in [7, 11) is 2.92. The topological polar surface area (TPSA) is 61.5 Å². The molecule has 0 aliphatic rings. The molecule has 0 bridgehead atoms. The van der Waals surface area contributed by atoms with E-state index >= 15 is 0 Å². The molecular formula is C13H17NO3. The Bertz CT molecular complexity index is 413. The molecule has 0 saturated carbocycles. The van der Waals surface area contributed by atoms with Gasteiger partial charge in [0.1, 0.15) is 5.75 Å². The normalized spacial score (nSPS) is 10.5. The number of hydrogen-bond acceptors (Lipinski definition) is 4. The summed E-state index contributed by atoms with van der Waals surface area (Å²) in [5.74, 6) is 0.266. The Hall–Kier alpha value is -1.81. The van der Waals surface area contributed by atoms with Gasteiger partial charge in [0.25, 0.3) is 0 Å². The highest BCUT2D eigenvalue weighted by atomic mass is 16.5. The highest BCUT2D eigenvalue weighted by molar-refractivity contribution is 5.90. The van der Waals surface area contributed by atoms with Crippen LogP contribution in [0.25, 0.3) is 6.08 Å². The van der Waals surface area contributed by atoms with Crippen LogP contribution in [0.3, 0.4) is 0 Å². The second-order valence-corrected chi connectivity index (χ2v) is 3.43. The van der Waals surface area contributed by atoms with Gasteiger partial charge in [0.05, 0.1) is 19.8 Å². The van der Waals surface area contributed by atoms with Crippen molar-refractivity contribution in [3.05, 3.63) is 35.4 Å². The van der Waals surface area contributed by atoms with Crippen molar-refractivity contribution < 1.29 is 14.3 Å². The van der Waals surface area contributed by atoms with Crippen molar-refractivity contribution in [2.75, 3.05) is 20.8 Å². The summed E-state index contributed by atoms with van der Waals surface area (Å²) in [6.07, 6.45) is 4.70. The van der Waals surface area contributed by atoms with E-state index in [1.54, 1.807) is 19.2 Å². The van der Waals surface area contributed by atoms with E-state index in [1.165, 1.54) is 7.11 Å². The molecule has 1 rings (SSSR count). The molecule has 0 amide bonds. The summed E-state index contributed by atoms with van der Waals surface area (Å²) >= 11 is 0. The fraction of sp³-hybridized carbons (Fsp3) is 0.308. The van der Waals surface area contributed by atoms with Crippen molar-refractivity contribution >= 4 is 12.0 Å². The largest absolute Gasteiger partial charge is 0.496 e. The lowest BCUT2D eigenvalue weighted by Crippen LogP contribution is -2.02. The predicted octanol–water partition coefficient (Wildman–Crippen LogP) is 1.84. The van der Waals surface area contributed by atoms with E-state index in [0.717, 1.165) is 12.0 Å². The smallest absolute Gasteiger partial charge is 0.337 e. The third kappa shape index (κ3) is 3.60. The molecule has 4 heteroatoms. The van der Waals surface area contributed by atoms with Crippen LogP contribution in [0.4, 0.5) is 0 Å². The zero-order valence-electron chi connectivity index (χ0n) is 10.1. The van der Waals surface area contributed by atoms with Crippen LogP contribution < -0.4 is 10.5 Å². The molecule has 92 valence electrons. The second kappa shape index (κ2) is 6.70. The van der Waals surface area contributed by atoms with Crippen LogP contribution in [-0.4, -0.2) is 26.7 Å². The van der Waals surface area contributed by atoms with Crippen LogP contribution in [0.1, 0.15) is 22.3 Å². The van der Waals surface area contributed by atoms with Gasteiger partial charge in [-0.25, -0.2) is 4.79 Å². The molecule has 1 aromatic carbocycles. The second-order valence-electron chi connectivity index (χ2n) is 3.43. The highest BCUT2D eigenvalue weighted by Gasteiger charge is 2.08. The molecule has 0 aromatic heterocycles. The molecule has 17 heavy (non-hydrogen) atoms. The maximum Gasteiger partial charge on any atom is 0.337 e. The average molecular weight is 235 g/mol. The van der Waals surface area contributed by atoms with E-state index in [-0.39, 0.29) is 5.97 Å². The van der Waals surface area contributed by atoms with Crippen molar-refractivity contribution in [3.8, 4) is 5.75 Å². The number of ether oxygens (including phenoxy) is 2. The minimum absolute atomic E-state index is 0.374. The summed E-state index contributed by atoms with van der Waals surface area (Å²) in [6.45, 7) is 0.610. The summed E-state index contributed by atoms with van der Waals surface area (Å²) in [5.41, 5.74) is 6.78. The lowest BCUT2D eigenvalue weighted by molar-refractivity contribution is 0.0600. The van der Waals surface area contributed by atoms with E-state index in [0.29, 0.717) is 17.9 Å². The predicted molar refractivity (Wildman–Crippen MR) is 67.0 cm³/mol. The van der Waals surface area contributed by atoms with E-state index < -0.39 is 0 Å². The molecule has 0 aliphatic carbocycles. The average Bonchev–Trinajstić information content (AvgIpc) is 2.38. The monoisotopic (exact) mass is 235 g/mol. The molecule has 0 radical (unpaired) electrons. The first-order chi connectivity index (χ1) is 8.22. The zero-order chi connectivity index (χ0) is 12.7. The van der Waals surface area contributed by atoms with Crippen LogP contribution >= 0.6 is 0 Å². The summed E-state index contributed by atoms with van der Waals surface area (Å²) in [6, 6.07) is 5.18. The minimum Gasteiger partial charge on any atom is -0.496 e. The van der Waals surface area contributed by atoms with Gasteiger partial charge in [-0.15, -0.1) is 0 Å². The van der Waals surface area contributed by atoms with Crippen molar-refractivity contribution in [1.82, 2.24) is 0 Å². The van der Waals surface area contributed by atoms with Crippen molar-refractivity contribution in [2.24, 2.45) is 5.73 Å². The lowest BCUT2D eigenvalue weighted by atomic mass is 10.1. The first-order valence-corrected chi connectivity index (χ1v) is 5.36. The molecule has 0 heterocycles. The van der Waals surface area contributed by atoms with Gasteiger partial charge in [0.15, 0.2) is 0 Å². The van der Waals surface area contributed by atoms with Gasteiger partial charge in [-0.1, -0.05) is 18.2 Å². The Balaban J connectivity index is 2.97. The van der Waals surface area contributed by atoms with Crippen LogP contribution in [-0.2, 0) is 4.74 Å². The van der Waals surface area contributed by atoms with Gasteiger partial charge >= 0.3 is 5.97 Å². The Kier molecular flexibility index (Phi) is 5.23. The maximum atomic E-state index is 11.3. The van der Waals surface area contributed by atoms with Crippen LogP contribution in [0.2, 0.25) is 0 Å². The number of nitrogens with two attached hydrogens (primary N) is 1. The molecule has 0 fully saturated rings. The number of carbonyl (C=O) groups is 1. The third-order valence-corrected chi connectivity index (χ3v) is 2.29. The standard InChI is InChI=1S/C13H17NO3/c1-16-12-9-11(13(15)17-2)7-6-10(12)5-3-4-8-14/h3,5-7,9H,4,8,14H2,1-2H3. The third-order valence-electron chi connectivity index (χ3n) is 2.29. The molecule has 0 saturated heterocycles. The van der Waals surface area contributed by atoms with Gasteiger partial charge in [-0.3, -0.25) is 0 Å². The van der Waals surface area contributed by atoms with Crippen LogP contribution in [0.5, 0.6) is 5.75 Å². The van der Waals surface area contributed by atoms with E-state index in [4.69, 9.17) is 10.5 Å². The number of hydrogen-bond donors (Lipinski definition) is 1. The maximum absolute atomic E-state index is 11.3. The summed E-state index contributed by atoms with van der Waals surface area (Å²) in [4.78, 5) is 11.3. The molecule has 4 nitrogen and oxygen atoms in total. The van der Waals surface area contributed by atoms with Gasteiger partial charge in [0.2, 0.25) is 0 Å². The fourth-order valence-electron chi connectivity index (χ4n) is 1.40. The van der Waals surface area contributed by atoms with Gasteiger partial charge in [0, 0.05) is 5.56 Å². The number of benzene rings is 1. The van der Waals surface area contributed by atoms with Crippen LogP contribution in [0, 0.1) is 0 Å².